The fourth-order valence-corrected chi connectivity index (χ4v) is 7.78. The van der Waals surface area contributed by atoms with Gasteiger partial charge in [-0.1, -0.05) is 54.6 Å². The van der Waals surface area contributed by atoms with Gasteiger partial charge in [-0.2, -0.15) is 10.5 Å². The lowest BCUT2D eigenvalue weighted by Gasteiger charge is -2.11. The summed E-state index contributed by atoms with van der Waals surface area (Å²) in [5.74, 6) is 0. The molecule has 212 valence electrons. The van der Waals surface area contributed by atoms with Crippen LogP contribution in [0.25, 0.3) is 55.0 Å². The lowest BCUT2D eigenvalue weighted by atomic mass is 10.1. The van der Waals surface area contributed by atoms with Crippen molar-refractivity contribution in [3.63, 3.8) is 0 Å². The van der Waals surface area contributed by atoms with Gasteiger partial charge in [0.15, 0.2) is 0 Å². The molecule has 0 saturated heterocycles. The molecule has 0 spiro atoms. The van der Waals surface area contributed by atoms with Gasteiger partial charge >= 0.3 is 0 Å². The van der Waals surface area contributed by atoms with Crippen molar-refractivity contribution in [2.24, 2.45) is 0 Å². The fourth-order valence-electron chi connectivity index (χ4n) is 6.45. The minimum atomic E-state index is -3.97. The Labute approximate surface area is 258 Å². The SMILES string of the molecule is N#Cc1cc(C#N)cc(S(=O)(=O)c2ccc(-n3c4ccccc4c4c5c6ccccc6n(-c6ccccc6)c5ccc43)cc2)c1. The molecule has 0 bridgehead atoms. The average Bonchev–Trinajstić information content (AvgIpc) is 3.61. The molecule has 0 radical (unpaired) electrons. The van der Waals surface area contributed by atoms with E-state index >= 15 is 0 Å². The number of fused-ring (bicyclic) bond motifs is 7. The Morgan fingerprint density at radius 3 is 1.44 bits per heavy atom. The summed E-state index contributed by atoms with van der Waals surface area (Å²) in [6.07, 6.45) is 0. The van der Waals surface area contributed by atoms with E-state index in [4.69, 9.17) is 0 Å². The highest BCUT2D eigenvalue weighted by Crippen LogP contribution is 2.42. The topological polar surface area (TPSA) is 91.6 Å². The third kappa shape index (κ3) is 3.96. The van der Waals surface area contributed by atoms with Crippen molar-refractivity contribution < 1.29 is 8.42 Å². The molecule has 0 unspecified atom stereocenters. The van der Waals surface area contributed by atoms with Crippen LogP contribution in [0.2, 0.25) is 0 Å². The number of nitrogens with zero attached hydrogens (tertiary/aromatic N) is 4. The molecule has 45 heavy (non-hydrogen) atoms. The fraction of sp³-hybridized carbons (Fsp3) is 0. The van der Waals surface area contributed by atoms with Crippen molar-refractivity contribution in [1.82, 2.24) is 9.13 Å². The Kier molecular flexibility index (Phi) is 5.86. The van der Waals surface area contributed by atoms with Crippen LogP contribution < -0.4 is 0 Å². The van der Waals surface area contributed by atoms with E-state index in [-0.39, 0.29) is 20.9 Å². The third-order valence-corrected chi connectivity index (χ3v) is 10.1. The van der Waals surface area contributed by atoms with Crippen molar-refractivity contribution in [2.75, 3.05) is 0 Å². The Bertz CT molecular complexity index is 2640. The van der Waals surface area contributed by atoms with E-state index in [1.807, 2.05) is 42.5 Å². The van der Waals surface area contributed by atoms with Gasteiger partial charge in [-0.15, -0.1) is 0 Å². The Morgan fingerprint density at radius 2 is 0.933 bits per heavy atom. The molecule has 0 atom stereocenters. The maximum Gasteiger partial charge on any atom is 0.206 e. The largest absolute Gasteiger partial charge is 0.309 e. The van der Waals surface area contributed by atoms with E-state index in [1.165, 1.54) is 18.2 Å². The summed E-state index contributed by atoms with van der Waals surface area (Å²) in [6.45, 7) is 0. The lowest BCUT2D eigenvalue weighted by molar-refractivity contribution is 0.596. The van der Waals surface area contributed by atoms with Gasteiger partial charge in [0.2, 0.25) is 9.84 Å². The van der Waals surface area contributed by atoms with E-state index in [0.29, 0.717) is 0 Å². The zero-order valence-electron chi connectivity index (χ0n) is 23.7. The Hall–Kier alpha value is -6.15. The number of aromatic nitrogens is 2. The summed E-state index contributed by atoms with van der Waals surface area (Å²) in [7, 11) is -3.97. The number of benzene rings is 6. The number of rotatable bonds is 4. The van der Waals surface area contributed by atoms with Crippen LogP contribution in [0.4, 0.5) is 0 Å². The molecule has 7 heteroatoms. The highest BCUT2D eigenvalue weighted by Gasteiger charge is 2.22. The highest BCUT2D eigenvalue weighted by atomic mass is 32.2. The molecule has 6 nitrogen and oxygen atoms in total. The number of para-hydroxylation sites is 3. The number of sulfone groups is 1. The van der Waals surface area contributed by atoms with Crippen LogP contribution in [0.1, 0.15) is 11.1 Å². The van der Waals surface area contributed by atoms with Crippen molar-refractivity contribution in [3.8, 4) is 23.5 Å². The lowest BCUT2D eigenvalue weighted by Crippen LogP contribution is -2.04. The smallest absolute Gasteiger partial charge is 0.206 e. The molecule has 0 N–H and O–H groups in total. The van der Waals surface area contributed by atoms with Crippen LogP contribution in [0.15, 0.2) is 143 Å². The van der Waals surface area contributed by atoms with Crippen molar-refractivity contribution >= 4 is 53.4 Å². The predicted molar refractivity (Wildman–Crippen MR) is 176 cm³/mol. The van der Waals surface area contributed by atoms with Gasteiger partial charge < -0.3 is 9.13 Å². The van der Waals surface area contributed by atoms with E-state index in [9.17, 15) is 18.9 Å². The zero-order valence-corrected chi connectivity index (χ0v) is 24.5. The quantitative estimate of drug-likeness (QED) is 0.203. The van der Waals surface area contributed by atoms with E-state index in [0.717, 1.165) is 55.0 Å². The van der Waals surface area contributed by atoms with Gasteiger partial charge in [-0.25, -0.2) is 8.42 Å². The van der Waals surface area contributed by atoms with Crippen LogP contribution in [-0.4, -0.2) is 17.6 Å². The van der Waals surface area contributed by atoms with Crippen LogP contribution in [0, 0.1) is 22.7 Å². The molecule has 8 rings (SSSR count). The molecule has 8 aromatic rings. The molecule has 2 heterocycles. The number of hydrogen-bond donors (Lipinski definition) is 0. The van der Waals surface area contributed by atoms with Gasteiger partial charge in [-0.3, -0.25) is 0 Å². The van der Waals surface area contributed by atoms with Crippen molar-refractivity contribution in [2.45, 2.75) is 9.79 Å². The van der Waals surface area contributed by atoms with Crippen LogP contribution in [-0.2, 0) is 9.84 Å². The molecule has 0 fully saturated rings. The van der Waals surface area contributed by atoms with Crippen LogP contribution in [0.5, 0.6) is 0 Å². The van der Waals surface area contributed by atoms with Gasteiger partial charge in [0.1, 0.15) is 0 Å². The minimum absolute atomic E-state index is 0.0827. The molecule has 0 saturated carbocycles. The summed E-state index contributed by atoms with van der Waals surface area (Å²) in [4.78, 5) is -0.000712. The first kappa shape index (κ1) is 26.5. The summed E-state index contributed by atoms with van der Waals surface area (Å²) < 4.78 is 31.6. The van der Waals surface area contributed by atoms with Gasteiger partial charge in [0, 0.05) is 32.9 Å². The first-order valence-electron chi connectivity index (χ1n) is 14.3. The average molecular weight is 599 g/mol. The Balaban J connectivity index is 1.36. The van der Waals surface area contributed by atoms with Gasteiger partial charge in [0.05, 0.1) is 55.1 Å². The number of hydrogen-bond acceptors (Lipinski definition) is 4. The molecule has 2 aromatic heterocycles. The molecule has 0 aliphatic carbocycles. The summed E-state index contributed by atoms with van der Waals surface area (Å²) in [5, 5.41) is 23.3. The second kappa shape index (κ2) is 9.96. The first-order chi connectivity index (χ1) is 22.0. The highest BCUT2D eigenvalue weighted by molar-refractivity contribution is 7.91. The molecule has 0 aliphatic heterocycles. The minimum Gasteiger partial charge on any atom is -0.309 e. The van der Waals surface area contributed by atoms with E-state index < -0.39 is 9.84 Å². The van der Waals surface area contributed by atoms with E-state index in [1.54, 1.807) is 24.3 Å². The molecule has 6 aromatic carbocycles. The van der Waals surface area contributed by atoms with Gasteiger partial charge in [0.25, 0.3) is 0 Å². The molecule has 0 amide bonds. The second-order valence-corrected chi connectivity index (χ2v) is 12.8. The van der Waals surface area contributed by atoms with Crippen molar-refractivity contribution in [1.29, 1.82) is 10.5 Å². The third-order valence-electron chi connectivity index (χ3n) is 8.37. The molecule has 0 aliphatic rings. The zero-order chi connectivity index (χ0) is 30.7. The summed E-state index contributed by atoms with van der Waals surface area (Å²) in [6, 6.07) is 46.0. The maximum absolute atomic E-state index is 13.6. The monoisotopic (exact) mass is 598 g/mol. The van der Waals surface area contributed by atoms with Crippen LogP contribution in [0.3, 0.4) is 0 Å². The predicted octanol–water partition coefficient (Wildman–Crippen LogP) is 8.46. The normalized spacial score (nSPS) is 11.7. The van der Waals surface area contributed by atoms with Crippen molar-refractivity contribution in [3.05, 3.63) is 145 Å². The molecular formula is C38H22N4O2S. The standard InChI is InChI=1S/C38H22N4O2S/c39-23-25-20-26(24-40)22-30(21-25)45(43,44)29-16-14-28(15-17-29)42-34-13-7-5-11-32(34)38-36(42)19-18-35-37(38)31-10-4-6-12-33(31)41(35)27-8-2-1-3-9-27/h1-22H. The first-order valence-corrected chi connectivity index (χ1v) is 15.8. The van der Waals surface area contributed by atoms with Crippen LogP contribution >= 0.6 is 0 Å². The molecular weight excluding hydrogens is 577 g/mol. The van der Waals surface area contributed by atoms with E-state index in [2.05, 4.69) is 69.8 Å². The number of nitriles is 2. The van der Waals surface area contributed by atoms with Gasteiger partial charge in [-0.05, 0) is 78.9 Å². The summed E-state index contributed by atoms with van der Waals surface area (Å²) >= 11 is 0. The second-order valence-electron chi connectivity index (χ2n) is 10.9. The summed E-state index contributed by atoms with van der Waals surface area (Å²) in [5.41, 5.74) is 6.39. The Morgan fingerprint density at radius 1 is 0.467 bits per heavy atom. The maximum atomic E-state index is 13.6.